The van der Waals surface area contributed by atoms with Gasteiger partial charge in [0.2, 0.25) is 23.6 Å². The maximum atomic E-state index is 12.9. The fourth-order valence-electron chi connectivity index (χ4n) is 2.74. The van der Waals surface area contributed by atoms with E-state index in [9.17, 15) is 29.1 Å². The summed E-state index contributed by atoms with van der Waals surface area (Å²) in [5.74, 6) is -4.99. The van der Waals surface area contributed by atoms with Gasteiger partial charge in [-0.25, -0.2) is 4.79 Å². The Balaban J connectivity index is 5.54. The lowest BCUT2D eigenvalue weighted by Crippen LogP contribution is -2.56. The Morgan fingerprint density at radius 2 is 1.14 bits per heavy atom. The van der Waals surface area contributed by atoms with Crippen molar-refractivity contribution in [3.63, 3.8) is 0 Å². The molecule has 0 radical (unpaired) electrons. The minimum absolute atomic E-state index is 0.00280. The lowest BCUT2D eigenvalue weighted by molar-refractivity contribution is -0.143. The predicted molar refractivity (Wildman–Crippen MR) is 126 cm³/mol. The molecule has 0 aromatic carbocycles. The molecule has 0 bridgehead atoms. The maximum Gasteiger partial charge on any atom is 0.326 e. The number of guanidine groups is 2. The minimum atomic E-state index is -1.61. The van der Waals surface area contributed by atoms with Gasteiger partial charge >= 0.3 is 5.97 Å². The fourth-order valence-corrected chi connectivity index (χ4v) is 2.74. The Morgan fingerprint density at radius 3 is 1.51 bits per heavy atom. The number of carboxylic acids is 1. The molecule has 35 heavy (non-hydrogen) atoms. The number of nitrogens with one attached hydrogen (secondary N) is 3. The second kappa shape index (κ2) is 16.5. The zero-order chi connectivity index (χ0) is 27.0. The van der Waals surface area contributed by atoms with Crippen molar-refractivity contribution in [2.45, 2.75) is 50.2 Å². The van der Waals surface area contributed by atoms with Crippen molar-refractivity contribution in [1.29, 1.82) is 0 Å². The van der Waals surface area contributed by atoms with E-state index in [1.54, 1.807) is 0 Å². The van der Waals surface area contributed by atoms with E-state index < -0.39 is 54.1 Å². The Kier molecular flexibility index (Phi) is 14.5. The summed E-state index contributed by atoms with van der Waals surface area (Å²) in [6.45, 7) is -0.0779. The molecular weight excluding hydrogens is 466 g/mol. The molecule has 0 saturated heterocycles. The largest absolute Gasteiger partial charge is 0.480 e. The summed E-state index contributed by atoms with van der Waals surface area (Å²) in [5.41, 5.74) is 31.4. The van der Waals surface area contributed by atoms with Crippen molar-refractivity contribution in [1.82, 2.24) is 16.0 Å². The number of aliphatic imine (C=N–C) groups is 2. The van der Waals surface area contributed by atoms with E-state index in [1.165, 1.54) is 0 Å². The second-order valence-corrected chi connectivity index (χ2v) is 7.35. The molecular formula is C18H35N11O6. The number of amides is 4. The van der Waals surface area contributed by atoms with Crippen LogP contribution in [0.15, 0.2) is 9.98 Å². The first-order valence-corrected chi connectivity index (χ1v) is 10.6. The van der Waals surface area contributed by atoms with Crippen molar-refractivity contribution in [3.05, 3.63) is 0 Å². The van der Waals surface area contributed by atoms with Crippen LogP contribution in [0.25, 0.3) is 0 Å². The van der Waals surface area contributed by atoms with Gasteiger partial charge in [0, 0.05) is 13.1 Å². The molecule has 0 heterocycles. The highest BCUT2D eigenvalue weighted by Crippen LogP contribution is 2.05. The van der Waals surface area contributed by atoms with Gasteiger partial charge in [-0.15, -0.1) is 0 Å². The third-order valence-electron chi connectivity index (χ3n) is 4.38. The van der Waals surface area contributed by atoms with Crippen LogP contribution in [0.1, 0.15) is 32.1 Å². The maximum absolute atomic E-state index is 12.9. The number of carboxylic acid groups (broad SMARTS) is 1. The number of primary amides is 1. The van der Waals surface area contributed by atoms with Crippen LogP contribution in [-0.2, 0) is 24.0 Å². The Hall–Kier alpha value is -4.15. The summed E-state index contributed by atoms with van der Waals surface area (Å²) in [4.78, 5) is 67.5. The number of carbonyl (C=O) groups is 5. The first-order chi connectivity index (χ1) is 16.4. The first-order valence-electron chi connectivity index (χ1n) is 10.6. The van der Waals surface area contributed by atoms with Gasteiger partial charge in [-0.1, -0.05) is 0 Å². The molecule has 3 atom stereocenters. The molecule has 0 aliphatic carbocycles. The number of nitrogens with zero attached hydrogens (tertiary/aromatic N) is 2. The van der Waals surface area contributed by atoms with E-state index in [-0.39, 0.29) is 50.8 Å². The highest BCUT2D eigenvalue weighted by Gasteiger charge is 2.29. The van der Waals surface area contributed by atoms with Gasteiger partial charge in [-0.2, -0.15) is 0 Å². The van der Waals surface area contributed by atoms with Crippen molar-refractivity contribution in [2.75, 3.05) is 19.6 Å². The number of hydrogen-bond acceptors (Lipinski definition) is 8. The van der Waals surface area contributed by atoms with E-state index >= 15 is 0 Å². The van der Waals surface area contributed by atoms with Crippen LogP contribution in [0, 0.1) is 0 Å². The molecule has 17 nitrogen and oxygen atoms in total. The van der Waals surface area contributed by atoms with Crippen LogP contribution in [-0.4, -0.2) is 84.4 Å². The zero-order valence-electron chi connectivity index (χ0n) is 19.2. The van der Waals surface area contributed by atoms with E-state index in [0.717, 1.165) is 0 Å². The van der Waals surface area contributed by atoms with Crippen LogP contribution < -0.4 is 50.4 Å². The molecule has 0 rings (SSSR count). The van der Waals surface area contributed by atoms with Crippen LogP contribution in [0.5, 0.6) is 0 Å². The average Bonchev–Trinajstić information content (AvgIpc) is 2.76. The van der Waals surface area contributed by atoms with Gasteiger partial charge in [0.1, 0.15) is 18.1 Å². The van der Waals surface area contributed by atoms with Gasteiger partial charge < -0.3 is 55.5 Å². The molecule has 0 spiro atoms. The molecule has 0 aromatic rings. The quantitative estimate of drug-likeness (QED) is 0.0508. The van der Waals surface area contributed by atoms with Gasteiger partial charge in [-0.3, -0.25) is 29.2 Å². The molecule has 0 saturated carbocycles. The first kappa shape index (κ1) is 30.8. The number of hydrogen-bond donors (Lipinski definition) is 10. The molecule has 3 unspecified atom stereocenters. The molecule has 0 aliphatic heterocycles. The smallest absolute Gasteiger partial charge is 0.326 e. The SMILES string of the molecule is NCC(=O)NC(CCCN=C(N)N)C(=O)NC(CCCN=C(N)N)C(=O)NC(CC(N)=O)C(=O)O. The Morgan fingerprint density at radius 1 is 0.714 bits per heavy atom. The number of rotatable bonds is 17. The normalized spacial score (nSPS) is 12.8. The molecule has 17 heteroatoms. The summed E-state index contributed by atoms with van der Waals surface area (Å²) in [7, 11) is 0. The highest BCUT2D eigenvalue weighted by atomic mass is 16.4. The minimum Gasteiger partial charge on any atom is -0.480 e. The van der Waals surface area contributed by atoms with E-state index in [1.807, 2.05) is 0 Å². The molecule has 0 aromatic heterocycles. The Labute approximate surface area is 201 Å². The lowest BCUT2D eigenvalue weighted by Gasteiger charge is -2.24. The van der Waals surface area contributed by atoms with Crippen LogP contribution in [0.3, 0.4) is 0 Å². The van der Waals surface area contributed by atoms with Crippen molar-refractivity contribution >= 4 is 41.5 Å². The molecule has 16 N–H and O–H groups in total. The van der Waals surface area contributed by atoms with Gasteiger partial charge in [-0.05, 0) is 25.7 Å². The van der Waals surface area contributed by atoms with E-state index in [0.29, 0.717) is 6.42 Å². The van der Waals surface area contributed by atoms with Crippen LogP contribution >= 0.6 is 0 Å². The standard InChI is InChI=1S/C18H35N11O6/c19-8-13(31)27-9(3-1-5-25-17(21)22)14(32)28-10(4-2-6-26-18(23)24)15(33)29-11(16(34)35)7-12(20)30/h9-11H,1-8,19H2,(H2,20,30)(H,27,31)(H,28,32)(H,29,33)(H,34,35)(H4,21,22,25)(H4,23,24,26). The van der Waals surface area contributed by atoms with E-state index in [4.69, 9.17) is 34.4 Å². The van der Waals surface area contributed by atoms with Gasteiger partial charge in [0.05, 0.1) is 13.0 Å². The van der Waals surface area contributed by atoms with Crippen LogP contribution in [0.2, 0.25) is 0 Å². The topological polar surface area (TPSA) is 323 Å². The highest BCUT2D eigenvalue weighted by molar-refractivity contribution is 5.94. The summed E-state index contributed by atoms with van der Waals surface area (Å²) in [6.07, 6.45) is -0.00924. The average molecular weight is 502 g/mol. The number of nitrogens with two attached hydrogens (primary N) is 6. The monoisotopic (exact) mass is 501 g/mol. The molecule has 0 fully saturated rings. The zero-order valence-corrected chi connectivity index (χ0v) is 19.2. The van der Waals surface area contributed by atoms with Crippen LogP contribution in [0.4, 0.5) is 0 Å². The van der Waals surface area contributed by atoms with Crippen molar-refractivity contribution in [3.8, 4) is 0 Å². The summed E-state index contributed by atoms with van der Waals surface area (Å²) < 4.78 is 0. The van der Waals surface area contributed by atoms with Crippen molar-refractivity contribution in [2.24, 2.45) is 44.4 Å². The molecule has 0 aliphatic rings. The third-order valence-corrected chi connectivity index (χ3v) is 4.38. The van der Waals surface area contributed by atoms with Gasteiger partial charge in [0.15, 0.2) is 11.9 Å². The van der Waals surface area contributed by atoms with Crippen molar-refractivity contribution < 1.29 is 29.1 Å². The fraction of sp³-hybridized carbons (Fsp3) is 0.611. The Bertz CT molecular complexity index is 809. The molecule has 4 amide bonds. The number of carbonyl (C=O) groups excluding carboxylic acids is 4. The van der Waals surface area contributed by atoms with E-state index in [2.05, 4.69) is 25.9 Å². The summed E-state index contributed by atoms with van der Waals surface area (Å²) in [6, 6.07) is -3.94. The van der Waals surface area contributed by atoms with Gasteiger partial charge in [0.25, 0.3) is 0 Å². The second-order valence-electron chi connectivity index (χ2n) is 7.35. The summed E-state index contributed by atoms with van der Waals surface area (Å²) in [5, 5.41) is 16.3. The summed E-state index contributed by atoms with van der Waals surface area (Å²) >= 11 is 0. The molecule has 198 valence electrons. The lowest BCUT2D eigenvalue weighted by atomic mass is 10.1. The third kappa shape index (κ3) is 14.6. The predicted octanol–water partition coefficient (Wildman–Crippen LogP) is -5.53. The number of aliphatic carboxylic acids is 1.